The monoisotopic (exact) mass is 185 g/mol. The number of fused-ring (bicyclic) bond motifs is 2. The van der Waals surface area contributed by atoms with Crippen LogP contribution in [0.2, 0.25) is 0 Å². The molecular weight excluding hydrogens is 168 g/mol. The van der Waals surface area contributed by atoms with E-state index in [1.807, 2.05) is 5.92 Å². The Hall–Kier alpha value is -0.780. The van der Waals surface area contributed by atoms with Crippen molar-refractivity contribution in [2.45, 2.75) is 32.1 Å². The van der Waals surface area contributed by atoms with E-state index < -0.39 is 0 Å². The molecule has 0 heteroatoms. The number of hydrogen-bond donors (Lipinski definition) is 0. The molecule has 2 fully saturated rings. The summed E-state index contributed by atoms with van der Waals surface area (Å²) in [5.41, 5.74) is 1.51. The third-order valence-electron chi connectivity index (χ3n) is 3.94. The van der Waals surface area contributed by atoms with E-state index >= 15 is 0 Å². The predicted molar refractivity (Wildman–Crippen MR) is 58.8 cm³/mol. The van der Waals surface area contributed by atoms with Gasteiger partial charge in [0.2, 0.25) is 0 Å². The van der Waals surface area contributed by atoms with Crippen molar-refractivity contribution >= 4 is 0 Å². The van der Waals surface area contributed by atoms with Crippen LogP contribution in [0.1, 0.15) is 31.2 Å². The van der Waals surface area contributed by atoms with Crippen molar-refractivity contribution in [3.05, 3.63) is 41.8 Å². The van der Waals surface area contributed by atoms with Gasteiger partial charge in [-0.05, 0) is 49.0 Å². The summed E-state index contributed by atoms with van der Waals surface area (Å²) in [6.07, 6.45) is 7.17. The molecule has 2 aliphatic carbocycles. The number of hydrogen-bond acceptors (Lipinski definition) is 0. The smallest absolute Gasteiger partial charge is 0.0164 e. The fourth-order valence-corrected chi connectivity index (χ4v) is 3.24. The topological polar surface area (TPSA) is 0 Å². The van der Waals surface area contributed by atoms with Crippen molar-refractivity contribution < 1.29 is 0 Å². The zero-order valence-electron chi connectivity index (χ0n) is 8.58. The summed E-state index contributed by atoms with van der Waals surface area (Å²) >= 11 is 0. The molecule has 0 N–H and O–H groups in total. The second-order valence-electron chi connectivity index (χ2n) is 4.90. The van der Waals surface area contributed by atoms with Crippen LogP contribution >= 0.6 is 0 Å². The zero-order chi connectivity index (χ0) is 9.38. The highest BCUT2D eigenvalue weighted by atomic mass is 14.4. The molecule has 0 nitrogen and oxygen atoms in total. The van der Waals surface area contributed by atoms with Gasteiger partial charge in [0.1, 0.15) is 0 Å². The Labute approximate surface area is 86.3 Å². The molecule has 14 heavy (non-hydrogen) atoms. The summed E-state index contributed by atoms with van der Waals surface area (Å²) < 4.78 is 0. The Morgan fingerprint density at radius 3 is 2.57 bits per heavy atom. The Morgan fingerprint density at radius 1 is 1.07 bits per heavy atom. The zero-order valence-corrected chi connectivity index (χ0v) is 8.58. The van der Waals surface area contributed by atoms with E-state index in [0.717, 1.165) is 11.8 Å². The van der Waals surface area contributed by atoms with E-state index in [1.54, 1.807) is 0 Å². The molecule has 2 saturated carbocycles. The summed E-state index contributed by atoms with van der Waals surface area (Å²) in [4.78, 5) is 0. The van der Waals surface area contributed by atoms with E-state index in [9.17, 15) is 0 Å². The third kappa shape index (κ3) is 1.47. The minimum atomic E-state index is 0.986. The highest BCUT2D eigenvalue weighted by molar-refractivity contribution is 5.22. The lowest BCUT2D eigenvalue weighted by Crippen LogP contribution is -2.10. The molecule has 0 heterocycles. The molecule has 2 unspecified atom stereocenters. The van der Waals surface area contributed by atoms with Crippen LogP contribution in [0.5, 0.6) is 0 Å². The lowest BCUT2D eigenvalue weighted by atomic mass is 9.84. The van der Waals surface area contributed by atoms with Crippen LogP contribution in [-0.2, 0) is 6.42 Å². The van der Waals surface area contributed by atoms with Gasteiger partial charge in [0.15, 0.2) is 0 Å². The molecule has 0 amide bonds. The molecule has 0 aromatic heterocycles. The summed E-state index contributed by atoms with van der Waals surface area (Å²) in [6.45, 7) is 0. The van der Waals surface area contributed by atoms with Gasteiger partial charge < -0.3 is 0 Å². The predicted octanol–water partition coefficient (Wildman–Crippen LogP) is 3.62. The SMILES string of the molecule is c1ccc(C[C]2CC3CCC2C3)cc1. The first-order valence-corrected chi connectivity index (χ1v) is 5.80. The normalized spacial score (nSPS) is 31.1. The molecule has 1 radical (unpaired) electrons. The van der Waals surface area contributed by atoms with E-state index in [4.69, 9.17) is 0 Å². The quantitative estimate of drug-likeness (QED) is 0.660. The second-order valence-corrected chi connectivity index (χ2v) is 4.90. The van der Waals surface area contributed by atoms with Gasteiger partial charge in [0.25, 0.3) is 0 Å². The summed E-state index contributed by atoms with van der Waals surface area (Å²) in [7, 11) is 0. The Bertz CT molecular complexity index is 301. The van der Waals surface area contributed by atoms with Crippen molar-refractivity contribution in [2.75, 3.05) is 0 Å². The molecule has 3 rings (SSSR count). The van der Waals surface area contributed by atoms with Crippen LogP contribution < -0.4 is 0 Å². The van der Waals surface area contributed by atoms with Gasteiger partial charge in [0, 0.05) is 0 Å². The van der Waals surface area contributed by atoms with Crippen molar-refractivity contribution in [3.8, 4) is 0 Å². The van der Waals surface area contributed by atoms with Crippen molar-refractivity contribution in [3.63, 3.8) is 0 Å². The lowest BCUT2D eigenvalue weighted by Gasteiger charge is -2.20. The molecule has 0 saturated heterocycles. The van der Waals surface area contributed by atoms with E-state index in [0.29, 0.717) is 0 Å². The molecule has 2 bridgehead atoms. The van der Waals surface area contributed by atoms with Gasteiger partial charge in [-0.2, -0.15) is 0 Å². The van der Waals surface area contributed by atoms with Gasteiger partial charge >= 0.3 is 0 Å². The van der Waals surface area contributed by atoms with Crippen molar-refractivity contribution in [2.24, 2.45) is 11.8 Å². The first-order valence-electron chi connectivity index (χ1n) is 5.80. The standard InChI is InChI=1S/C14H17/c1-2-4-11(5-3-1)8-14-10-12-6-7-13(14)9-12/h1-5,12-13H,6-10H2. The maximum Gasteiger partial charge on any atom is -0.0164 e. The molecule has 1 aromatic rings. The third-order valence-corrected chi connectivity index (χ3v) is 3.94. The van der Waals surface area contributed by atoms with Crippen LogP contribution in [-0.4, -0.2) is 0 Å². The van der Waals surface area contributed by atoms with E-state index in [1.165, 1.54) is 37.7 Å². The summed E-state index contributed by atoms with van der Waals surface area (Å²) in [5.74, 6) is 3.88. The van der Waals surface area contributed by atoms with Crippen LogP contribution in [0.3, 0.4) is 0 Å². The highest BCUT2D eigenvalue weighted by Crippen LogP contribution is 2.50. The molecule has 73 valence electrons. The molecule has 2 aliphatic rings. The van der Waals surface area contributed by atoms with Crippen molar-refractivity contribution in [1.82, 2.24) is 0 Å². The fraction of sp³-hybridized carbons (Fsp3) is 0.500. The van der Waals surface area contributed by atoms with Gasteiger partial charge in [-0.1, -0.05) is 36.8 Å². The van der Waals surface area contributed by atoms with Gasteiger partial charge in [-0.3, -0.25) is 0 Å². The van der Waals surface area contributed by atoms with Gasteiger partial charge in [0.05, 0.1) is 0 Å². The number of benzene rings is 1. The van der Waals surface area contributed by atoms with Crippen LogP contribution in [0, 0.1) is 17.8 Å². The fourth-order valence-electron chi connectivity index (χ4n) is 3.24. The highest BCUT2D eigenvalue weighted by Gasteiger charge is 2.39. The van der Waals surface area contributed by atoms with Gasteiger partial charge in [-0.25, -0.2) is 0 Å². The van der Waals surface area contributed by atoms with Crippen LogP contribution in [0.4, 0.5) is 0 Å². The average Bonchev–Trinajstić information content (AvgIpc) is 2.81. The largest absolute Gasteiger partial charge is 0.0622 e. The molecule has 2 atom stereocenters. The van der Waals surface area contributed by atoms with Crippen molar-refractivity contribution in [1.29, 1.82) is 0 Å². The van der Waals surface area contributed by atoms with E-state index in [2.05, 4.69) is 30.3 Å². The van der Waals surface area contributed by atoms with Crippen LogP contribution in [0.25, 0.3) is 0 Å². The molecule has 1 aromatic carbocycles. The minimum absolute atomic E-state index is 0.986. The maximum absolute atomic E-state index is 2.26. The average molecular weight is 185 g/mol. The Morgan fingerprint density at radius 2 is 1.93 bits per heavy atom. The van der Waals surface area contributed by atoms with E-state index in [-0.39, 0.29) is 0 Å². The first-order chi connectivity index (χ1) is 6.92. The van der Waals surface area contributed by atoms with Crippen LogP contribution in [0.15, 0.2) is 30.3 Å². The second kappa shape index (κ2) is 3.42. The summed E-state index contributed by atoms with van der Waals surface area (Å²) in [6, 6.07) is 10.9. The van der Waals surface area contributed by atoms with Gasteiger partial charge in [-0.15, -0.1) is 0 Å². The molecular formula is C14H17. The minimum Gasteiger partial charge on any atom is -0.0622 e. The first kappa shape index (κ1) is 8.52. The Balaban J connectivity index is 1.69. The maximum atomic E-state index is 2.26. The Kier molecular flexibility index (Phi) is 2.08. The molecule has 0 spiro atoms. The lowest BCUT2D eigenvalue weighted by molar-refractivity contribution is 0.497. The summed E-state index contributed by atoms with van der Waals surface area (Å²) in [5, 5.41) is 0. The molecule has 0 aliphatic heterocycles. The number of rotatable bonds is 2.